The normalized spacial score (nSPS) is 22.6. The van der Waals surface area contributed by atoms with Crippen molar-refractivity contribution in [1.82, 2.24) is 0 Å². The van der Waals surface area contributed by atoms with E-state index in [9.17, 15) is 0 Å². The molecule has 0 aromatic heterocycles. The minimum atomic E-state index is 0.837. The predicted molar refractivity (Wildman–Crippen MR) is 181 cm³/mol. The molecule has 2 nitrogen and oxygen atoms in total. The zero-order valence-electron chi connectivity index (χ0n) is 27.3. The van der Waals surface area contributed by atoms with Crippen LogP contribution < -0.4 is 9.47 Å². The zero-order valence-corrected chi connectivity index (χ0v) is 27.3. The van der Waals surface area contributed by atoms with E-state index in [-0.39, 0.29) is 0 Å². The largest absolute Gasteiger partial charge is 0.494 e. The SMILES string of the molecule is CCCCCC1CCCCC1CCCOc1ccc(-c2ccc(OCCCC3CCCCC3CCCCC)cc2)cc1. The molecule has 2 heteroatoms. The Bertz CT molecular complexity index is 869. The summed E-state index contributed by atoms with van der Waals surface area (Å²) in [5.41, 5.74) is 2.47. The lowest BCUT2D eigenvalue weighted by molar-refractivity contribution is 0.190. The number of unbranched alkanes of at least 4 members (excludes halogenated alkanes) is 4. The molecule has 42 heavy (non-hydrogen) atoms. The van der Waals surface area contributed by atoms with Gasteiger partial charge in [-0.15, -0.1) is 0 Å². The van der Waals surface area contributed by atoms with E-state index in [0.717, 1.165) is 48.4 Å². The fourth-order valence-corrected chi connectivity index (χ4v) is 7.96. The molecule has 0 N–H and O–H groups in total. The Morgan fingerprint density at radius 1 is 0.452 bits per heavy atom. The smallest absolute Gasteiger partial charge is 0.119 e. The first kappa shape index (κ1) is 32.9. The Morgan fingerprint density at radius 2 is 0.786 bits per heavy atom. The van der Waals surface area contributed by atoms with Crippen LogP contribution in [-0.2, 0) is 0 Å². The third-order valence-electron chi connectivity index (χ3n) is 10.5. The summed E-state index contributed by atoms with van der Waals surface area (Å²) < 4.78 is 12.3. The molecule has 0 bridgehead atoms. The van der Waals surface area contributed by atoms with Gasteiger partial charge in [-0.3, -0.25) is 0 Å². The third kappa shape index (κ3) is 11.3. The summed E-state index contributed by atoms with van der Waals surface area (Å²) in [5, 5.41) is 0. The van der Waals surface area contributed by atoms with Crippen LogP contribution >= 0.6 is 0 Å². The van der Waals surface area contributed by atoms with Crippen molar-refractivity contribution in [3.8, 4) is 22.6 Å². The van der Waals surface area contributed by atoms with Crippen LogP contribution in [0.15, 0.2) is 48.5 Å². The van der Waals surface area contributed by atoms with Gasteiger partial charge in [0.2, 0.25) is 0 Å². The summed E-state index contributed by atoms with van der Waals surface area (Å²) in [4.78, 5) is 0. The van der Waals surface area contributed by atoms with Crippen molar-refractivity contribution >= 4 is 0 Å². The highest BCUT2D eigenvalue weighted by Gasteiger charge is 2.25. The molecular formula is C40H62O2. The van der Waals surface area contributed by atoms with Crippen molar-refractivity contribution in [3.63, 3.8) is 0 Å². The fourth-order valence-electron chi connectivity index (χ4n) is 7.96. The van der Waals surface area contributed by atoms with E-state index in [1.807, 2.05) is 0 Å². The standard InChI is InChI=1S/C40H62O2/c1-3-5-7-15-33-17-9-11-19-35(33)21-13-31-41-39-27-23-37(24-28-39)38-25-29-40(30-26-38)42-32-14-22-36-20-12-10-18-34(36)16-8-6-4-2/h23-30,33-36H,3-22,31-32H2,1-2H3. The van der Waals surface area contributed by atoms with Crippen molar-refractivity contribution < 1.29 is 9.47 Å². The molecule has 0 aliphatic heterocycles. The van der Waals surface area contributed by atoms with Crippen LogP contribution in [0.1, 0.15) is 142 Å². The minimum Gasteiger partial charge on any atom is -0.494 e. The van der Waals surface area contributed by atoms with Crippen LogP contribution in [0.4, 0.5) is 0 Å². The summed E-state index contributed by atoms with van der Waals surface area (Å²) in [6.07, 6.45) is 27.8. The first-order chi connectivity index (χ1) is 20.8. The third-order valence-corrected chi connectivity index (χ3v) is 10.5. The van der Waals surface area contributed by atoms with Gasteiger partial charge >= 0.3 is 0 Å². The molecule has 0 saturated heterocycles. The second kappa shape index (κ2) is 19.3. The molecule has 0 spiro atoms. The number of rotatable bonds is 19. The van der Waals surface area contributed by atoms with Gasteiger partial charge in [0.1, 0.15) is 11.5 Å². The van der Waals surface area contributed by atoms with E-state index in [2.05, 4.69) is 62.4 Å². The number of ether oxygens (including phenoxy) is 2. The van der Waals surface area contributed by atoms with Crippen molar-refractivity contribution in [2.24, 2.45) is 23.7 Å². The van der Waals surface area contributed by atoms with Gasteiger partial charge in [-0.25, -0.2) is 0 Å². The zero-order chi connectivity index (χ0) is 29.2. The molecule has 2 aromatic carbocycles. The average molecular weight is 575 g/mol. The van der Waals surface area contributed by atoms with Gasteiger partial charge in [0, 0.05) is 0 Å². The van der Waals surface area contributed by atoms with Crippen LogP contribution in [-0.4, -0.2) is 13.2 Å². The highest BCUT2D eigenvalue weighted by Crippen LogP contribution is 2.37. The van der Waals surface area contributed by atoms with E-state index in [1.165, 1.54) is 140 Å². The number of hydrogen-bond donors (Lipinski definition) is 0. The van der Waals surface area contributed by atoms with Gasteiger partial charge < -0.3 is 9.47 Å². The Balaban J connectivity index is 1.13. The van der Waals surface area contributed by atoms with Crippen LogP contribution in [0.3, 0.4) is 0 Å². The second-order valence-corrected chi connectivity index (χ2v) is 13.6. The molecule has 234 valence electrons. The summed E-state index contributed by atoms with van der Waals surface area (Å²) in [6, 6.07) is 17.3. The molecule has 2 fully saturated rings. The monoisotopic (exact) mass is 574 g/mol. The van der Waals surface area contributed by atoms with Crippen molar-refractivity contribution in [3.05, 3.63) is 48.5 Å². The first-order valence-corrected chi connectivity index (χ1v) is 18.2. The van der Waals surface area contributed by atoms with Crippen molar-refractivity contribution in [2.45, 2.75) is 142 Å². The van der Waals surface area contributed by atoms with Gasteiger partial charge in [-0.05, 0) is 84.7 Å². The molecule has 2 saturated carbocycles. The fraction of sp³-hybridized carbons (Fsp3) is 0.700. The van der Waals surface area contributed by atoms with Gasteiger partial charge in [0.15, 0.2) is 0 Å². The molecule has 2 aromatic rings. The average Bonchev–Trinajstić information content (AvgIpc) is 3.03. The molecular weight excluding hydrogens is 512 g/mol. The van der Waals surface area contributed by atoms with Crippen LogP contribution in [0, 0.1) is 23.7 Å². The van der Waals surface area contributed by atoms with Gasteiger partial charge in [0.25, 0.3) is 0 Å². The van der Waals surface area contributed by atoms with Gasteiger partial charge in [-0.1, -0.05) is 141 Å². The summed E-state index contributed by atoms with van der Waals surface area (Å²) in [5.74, 6) is 5.78. The molecule has 0 amide bonds. The van der Waals surface area contributed by atoms with E-state index < -0.39 is 0 Å². The lowest BCUT2D eigenvalue weighted by Crippen LogP contribution is -2.20. The maximum Gasteiger partial charge on any atom is 0.119 e. The quantitative estimate of drug-likeness (QED) is 0.155. The van der Waals surface area contributed by atoms with Crippen LogP contribution in [0.5, 0.6) is 11.5 Å². The van der Waals surface area contributed by atoms with E-state index in [4.69, 9.17) is 9.47 Å². The molecule has 4 unspecified atom stereocenters. The minimum absolute atomic E-state index is 0.837. The molecule has 4 atom stereocenters. The summed E-state index contributed by atoms with van der Waals surface area (Å²) in [6.45, 7) is 6.31. The maximum atomic E-state index is 6.15. The Labute approximate surface area is 259 Å². The highest BCUT2D eigenvalue weighted by molar-refractivity contribution is 5.64. The Morgan fingerprint density at radius 3 is 1.12 bits per heavy atom. The molecule has 2 aliphatic rings. The predicted octanol–water partition coefficient (Wildman–Crippen LogP) is 12.4. The lowest BCUT2D eigenvalue weighted by atomic mass is 9.74. The van der Waals surface area contributed by atoms with E-state index in [1.54, 1.807) is 0 Å². The van der Waals surface area contributed by atoms with Crippen molar-refractivity contribution in [2.75, 3.05) is 13.2 Å². The topological polar surface area (TPSA) is 18.5 Å². The van der Waals surface area contributed by atoms with Gasteiger partial charge in [0.05, 0.1) is 13.2 Å². The van der Waals surface area contributed by atoms with Crippen LogP contribution in [0.25, 0.3) is 11.1 Å². The lowest BCUT2D eigenvalue weighted by Gasteiger charge is -2.31. The molecule has 0 radical (unpaired) electrons. The molecule has 2 aliphatic carbocycles. The Kier molecular flexibility index (Phi) is 15.2. The summed E-state index contributed by atoms with van der Waals surface area (Å²) >= 11 is 0. The second-order valence-electron chi connectivity index (χ2n) is 13.6. The van der Waals surface area contributed by atoms with E-state index in [0.29, 0.717) is 0 Å². The Hall–Kier alpha value is -1.96. The first-order valence-electron chi connectivity index (χ1n) is 18.2. The van der Waals surface area contributed by atoms with Gasteiger partial charge in [-0.2, -0.15) is 0 Å². The molecule has 4 rings (SSSR count). The van der Waals surface area contributed by atoms with Crippen LogP contribution in [0.2, 0.25) is 0 Å². The van der Waals surface area contributed by atoms with Crippen molar-refractivity contribution in [1.29, 1.82) is 0 Å². The summed E-state index contributed by atoms with van der Waals surface area (Å²) in [7, 11) is 0. The number of benzene rings is 2. The number of hydrogen-bond acceptors (Lipinski definition) is 2. The highest BCUT2D eigenvalue weighted by atomic mass is 16.5. The maximum absolute atomic E-state index is 6.15. The van der Waals surface area contributed by atoms with E-state index >= 15 is 0 Å². The molecule has 0 heterocycles.